The molecule has 0 aliphatic carbocycles. The average molecular weight is 627 g/mol. The van der Waals surface area contributed by atoms with Gasteiger partial charge in [0.25, 0.3) is 0 Å². The molecule has 4 aromatic rings. The number of fused-ring (bicyclic) bond motifs is 4. The van der Waals surface area contributed by atoms with Crippen LogP contribution in [0.25, 0.3) is 11.6 Å². The summed E-state index contributed by atoms with van der Waals surface area (Å²) in [6.07, 6.45) is -0.838. The van der Waals surface area contributed by atoms with Crippen LogP contribution < -0.4 is 20.7 Å². The average Bonchev–Trinajstić information content (AvgIpc) is 3.79. The number of nitriles is 1. The van der Waals surface area contributed by atoms with Crippen molar-refractivity contribution in [1.29, 1.82) is 5.26 Å². The number of aromatic nitrogens is 2. The van der Waals surface area contributed by atoms with Crippen LogP contribution in [0.4, 0.5) is 10.1 Å². The predicted molar refractivity (Wildman–Crippen MR) is 160 cm³/mol. The van der Waals surface area contributed by atoms with Crippen molar-refractivity contribution in [3.05, 3.63) is 82.5 Å². The van der Waals surface area contributed by atoms with E-state index in [1.807, 2.05) is 26.0 Å². The summed E-state index contributed by atoms with van der Waals surface area (Å²) < 4.78 is 33.9. The van der Waals surface area contributed by atoms with Gasteiger partial charge in [0.15, 0.2) is 23.4 Å². The van der Waals surface area contributed by atoms with Gasteiger partial charge in [-0.2, -0.15) is 10.2 Å². The first-order valence-electron chi connectivity index (χ1n) is 15.0. The molecule has 4 bridgehead atoms. The number of aliphatic hydroxyl groups excluding tert-OH is 1. The Morgan fingerprint density at radius 2 is 1.96 bits per heavy atom. The molecule has 3 aliphatic rings. The highest BCUT2D eigenvalue weighted by molar-refractivity contribution is 5.90. The molecule has 0 saturated carbocycles. The van der Waals surface area contributed by atoms with E-state index >= 15 is 4.39 Å². The minimum atomic E-state index is -1.32. The summed E-state index contributed by atoms with van der Waals surface area (Å²) in [7, 11) is 0. The fourth-order valence-electron chi connectivity index (χ4n) is 6.46. The van der Waals surface area contributed by atoms with Crippen molar-refractivity contribution in [2.24, 2.45) is 11.8 Å². The van der Waals surface area contributed by atoms with Crippen molar-refractivity contribution in [3.63, 3.8) is 0 Å². The van der Waals surface area contributed by atoms with E-state index in [1.165, 1.54) is 18.4 Å². The number of rotatable bonds is 5. The maximum Gasteiger partial charge on any atom is 0.250 e. The molecule has 4 N–H and O–H groups in total. The predicted octanol–water partition coefficient (Wildman–Crippen LogP) is 3.69. The molecule has 13 heteroatoms. The molecule has 12 nitrogen and oxygen atoms in total. The van der Waals surface area contributed by atoms with Crippen LogP contribution in [-0.2, 0) is 21.4 Å². The van der Waals surface area contributed by atoms with Gasteiger partial charge < -0.3 is 34.6 Å². The van der Waals surface area contributed by atoms with E-state index in [0.29, 0.717) is 28.1 Å². The lowest BCUT2D eigenvalue weighted by molar-refractivity contribution is -0.135. The highest BCUT2D eigenvalue weighted by Crippen LogP contribution is 2.59. The molecule has 5 atom stereocenters. The van der Waals surface area contributed by atoms with Crippen LogP contribution in [0.1, 0.15) is 67.8 Å². The van der Waals surface area contributed by atoms with Crippen LogP contribution in [0.2, 0.25) is 0 Å². The quantitative estimate of drug-likeness (QED) is 0.256. The molecule has 236 valence electrons. The van der Waals surface area contributed by atoms with E-state index in [1.54, 1.807) is 32.0 Å². The SMILES string of the molecule is CC(C)[C@H](O)C(=O)NC1Cc2ccc3c(c2)[C@@]2(c4cc(F)ccc4N[C@@H]2O3)c2oc(nc2-c2nc(C#N)co2)[C@H](C(C)C)NC1=O. The molecule has 46 heavy (non-hydrogen) atoms. The van der Waals surface area contributed by atoms with Crippen molar-refractivity contribution < 1.29 is 32.7 Å². The zero-order valence-electron chi connectivity index (χ0n) is 25.4. The van der Waals surface area contributed by atoms with Crippen LogP contribution in [-0.4, -0.2) is 45.3 Å². The van der Waals surface area contributed by atoms with Gasteiger partial charge >= 0.3 is 0 Å². The third-order valence-corrected chi connectivity index (χ3v) is 8.83. The Morgan fingerprint density at radius 1 is 1.15 bits per heavy atom. The third kappa shape index (κ3) is 4.43. The van der Waals surface area contributed by atoms with Gasteiger partial charge in [-0.1, -0.05) is 39.8 Å². The van der Waals surface area contributed by atoms with Crippen LogP contribution in [0.15, 0.2) is 51.5 Å². The first-order chi connectivity index (χ1) is 22.0. The smallest absolute Gasteiger partial charge is 0.250 e. The normalized spacial score (nSPS) is 23.3. The Labute approximate surface area is 263 Å². The highest BCUT2D eigenvalue weighted by atomic mass is 19.1. The lowest BCUT2D eigenvalue weighted by Crippen LogP contribution is -2.52. The Hall–Kier alpha value is -5.22. The highest BCUT2D eigenvalue weighted by Gasteiger charge is 2.61. The molecule has 5 heterocycles. The number of anilines is 1. The summed E-state index contributed by atoms with van der Waals surface area (Å²) in [5, 5.41) is 29.0. The molecule has 2 aromatic heterocycles. The summed E-state index contributed by atoms with van der Waals surface area (Å²) in [5.74, 6) is -1.45. The minimum Gasteiger partial charge on any atom is -0.469 e. The van der Waals surface area contributed by atoms with Gasteiger partial charge in [-0.3, -0.25) is 9.59 Å². The van der Waals surface area contributed by atoms with Crippen molar-refractivity contribution in [2.75, 3.05) is 5.32 Å². The van der Waals surface area contributed by atoms with E-state index < -0.39 is 47.5 Å². The van der Waals surface area contributed by atoms with E-state index in [0.717, 1.165) is 0 Å². The van der Waals surface area contributed by atoms with Gasteiger partial charge in [-0.15, -0.1) is 0 Å². The van der Waals surface area contributed by atoms with E-state index in [4.69, 9.17) is 18.6 Å². The Kier molecular flexibility index (Phi) is 6.86. The summed E-state index contributed by atoms with van der Waals surface area (Å²) in [6, 6.07) is 9.86. The van der Waals surface area contributed by atoms with E-state index in [-0.39, 0.29) is 47.2 Å². The van der Waals surface area contributed by atoms with E-state index in [9.17, 15) is 20.0 Å². The Balaban J connectivity index is 1.50. The zero-order chi connectivity index (χ0) is 32.5. The fourth-order valence-corrected chi connectivity index (χ4v) is 6.46. The second kappa shape index (κ2) is 10.7. The van der Waals surface area contributed by atoms with Crippen molar-refractivity contribution in [2.45, 2.75) is 63.9 Å². The number of nitrogens with zero attached hydrogens (tertiary/aromatic N) is 3. The first-order valence-corrected chi connectivity index (χ1v) is 15.0. The monoisotopic (exact) mass is 626 g/mol. The van der Waals surface area contributed by atoms with Gasteiger partial charge in [0.2, 0.25) is 23.6 Å². The summed E-state index contributed by atoms with van der Waals surface area (Å²) >= 11 is 0. The van der Waals surface area contributed by atoms with Crippen molar-refractivity contribution in [3.8, 4) is 23.4 Å². The number of carbonyl (C=O) groups is 2. The number of amides is 2. The molecule has 0 saturated heterocycles. The number of halogens is 1. The van der Waals surface area contributed by atoms with Crippen molar-refractivity contribution >= 4 is 17.5 Å². The third-order valence-electron chi connectivity index (χ3n) is 8.83. The van der Waals surface area contributed by atoms with E-state index in [2.05, 4.69) is 20.9 Å². The van der Waals surface area contributed by atoms with Crippen LogP contribution >= 0.6 is 0 Å². The van der Waals surface area contributed by atoms with Gasteiger partial charge in [0.1, 0.15) is 47.5 Å². The molecule has 1 unspecified atom stereocenters. The molecule has 0 fully saturated rings. The molecule has 2 amide bonds. The number of oxazole rings is 2. The summed E-state index contributed by atoms with van der Waals surface area (Å²) in [4.78, 5) is 36.0. The topological polar surface area (TPSA) is 176 Å². The number of hydrogen-bond acceptors (Lipinski definition) is 10. The minimum absolute atomic E-state index is 0.000602. The Morgan fingerprint density at radius 3 is 2.67 bits per heavy atom. The van der Waals surface area contributed by atoms with Crippen LogP contribution in [0, 0.1) is 29.0 Å². The molecule has 2 aromatic carbocycles. The number of ether oxygens (including phenoxy) is 1. The summed E-state index contributed by atoms with van der Waals surface area (Å²) in [5.41, 5.74) is 1.29. The second-order valence-corrected chi connectivity index (χ2v) is 12.5. The number of nitrogens with one attached hydrogen (secondary N) is 3. The first kappa shape index (κ1) is 29.5. The molecule has 0 radical (unpaired) electrons. The molecular formula is C33H31FN6O6. The maximum absolute atomic E-state index is 15.0. The molecular weight excluding hydrogens is 595 g/mol. The number of hydrogen-bond donors (Lipinski definition) is 4. The number of aliphatic hydroxyl groups is 1. The lowest BCUT2D eigenvalue weighted by Gasteiger charge is -2.29. The Bertz CT molecular complexity index is 1930. The zero-order valence-corrected chi connectivity index (χ0v) is 25.4. The van der Waals surface area contributed by atoms with Gasteiger partial charge in [-0.05, 0) is 41.7 Å². The molecule has 7 rings (SSSR count). The molecule has 1 spiro atoms. The largest absolute Gasteiger partial charge is 0.469 e. The second-order valence-electron chi connectivity index (χ2n) is 12.5. The van der Waals surface area contributed by atoms with Crippen LogP contribution in [0.5, 0.6) is 5.75 Å². The van der Waals surface area contributed by atoms with Crippen molar-refractivity contribution in [1.82, 2.24) is 20.6 Å². The summed E-state index contributed by atoms with van der Waals surface area (Å²) in [6.45, 7) is 7.16. The lowest BCUT2D eigenvalue weighted by atomic mass is 9.72. The van der Waals surface area contributed by atoms with Gasteiger partial charge in [0.05, 0.1) is 0 Å². The molecule has 3 aliphatic heterocycles. The standard InChI is InChI=1S/C33H31FN6O6/c1-14(2)24-31-40-25(30-36-18(12-35)13-44-30)27(46-31)33-19-11-17(34)6-7-21(19)38-32(33)45-23-8-5-16(9-20(23)33)10-22(28(42)39-24)37-29(43)26(41)15(3)4/h5-9,11,13-15,22,24,26,32,38,41H,10H2,1-4H3,(H,37,43)(H,39,42)/t22?,24-,26-,32+,33-/m0/s1. The fraction of sp³-hybridized carbons (Fsp3) is 0.364. The maximum atomic E-state index is 15.0. The van der Waals surface area contributed by atoms with Crippen LogP contribution in [0.3, 0.4) is 0 Å². The van der Waals surface area contributed by atoms with Gasteiger partial charge in [0, 0.05) is 23.2 Å². The van der Waals surface area contributed by atoms with Gasteiger partial charge in [-0.25, -0.2) is 9.37 Å². The number of carbonyl (C=O) groups excluding carboxylic acids is 2. The number of benzene rings is 2.